The van der Waals surface area contributed by atoms with Gasteiger partial charge in [-0.2, -0.15) is 0 Å². The molecule has 1 saturated heterocycles. The van der Waals surface area contributed by atoms with Gasteiger partial charge in [0.2, 0.25) is 0 Å². The van der Waals surface area contributed by atoms with Gasteiger partial charge in [-0.3, -0.25) is 0 Å². The molecule has 1 atom stereocenters. The van der Waals surface area contributed by atoms with Gasteiger partial charge in [-0.25, -0.2) is 4.98 Å². The molecule has 1 aromatic carbocycles. The molecular weight excluding hydrogens is 390 g/mol. The van der Waals surface area contributed by atoms with Gasteiger partial charge in [-0.1, -0.05) is 35.9 Å². The van der Waals surface area contributed by atoms with E-state index in [-0.39, 0.29) is 6.79 Å². The first-order valence-corrected chi connectivity index (χ1v) is 10.0. The highest BCUT2D eigenvalue weighted by molar-refractivity contribution is 6.30. The highest BCUT2D eigenvalue weighted by atomic mass is 35.5. The molecule has 0 aliphatic carbocycles. The number of nitrogens with one attached hydrogen (secondary N) is 1. The minimum Gasteiger partial charge on any atom is -0.465 e. The summed E-state index contributed by atoms with van der Waals surface area (Å²) in [5, 5.41) is 15.0. The van der Waals surface area contributed by atoms with Crippen LogP contribution in [0.4, 0.5) is 5.82 Å². The Balaban J connectivity index is 1.74. The molecule has 1 fully saturated rings. The highest BCUT2D eigenvalue weighted by Crippen LogP contribution is 2.35. The summed E-state index contributed by atoms with van der Waals surface area (Å²) < 4.78 is 10.7. The number of nitrogens with zero attached hydrogens (tertiary/aromatic N) is 4. The van der Waals surface area contributed by atoms with Crippen LogP contribution in [0.3, 0.4) is 0 Å². The molecule has 0 spiro atoms. The number of methoxy groups -OCH3 is 1. The smallest absolute Gasteiger partial charge is 0.188 e. The van der Waals surface area contributed by atoms with Crippen LogP contribution in [0, 0.1) is 0 Å². The zero-order valence-electron chi connectivity index (χ0n) is 16.6. The van der Waals surface area contributed by atoms with Crippen LogP contribution in [0.25, 0.3) is 22.2 Å². The quantitative estimate of drug-likeness (QED) is 0.615. The first-order chi connectivity index (χ1) is 14.2. The molecule has 152 valence electrons. The molecule has 3 heterocycles. The number of anilines is 1. The summed E-state index contributed by atoms with van der Waals surface area (Å²) in [6.45, 7) is 2.22. The Kier molecular flexibility index (Phi) is 6.08. The number of rotatable bonds is 6. The van der Waals surface area contributed by atoms with Gasteiger partial charge < -0.3 is 19.7 Å². The monoisotopic (exact) mass is 413 g/mol. The van der Waals surface area contributed by atoms with Crippen molar-refractivity contribution in [2.24, 2.45) is 0 Å². The Morgan fingerprint density at radius 1 is 1.21 bits per heavy atom. The Hall–Kier alpha value is -2.48. The molecule has 0 radical (unpaired) electrons. The van der Waals surface area contributed by atoms with Crippen molar-refractivity contribution in [1.29, 1.82) is 0 Å². The number of ether oxygens (including phenoxy) is 2. The topological polar surface area (TPSA) is 72.4 Å². The van der Waals surface area contributed by atoms with Crippen LogP contribution < -0.4 is 10.1 Å². The molecule has 1 aliphatic heterocycles. The summed E-state index contributed by atoms with van der Waals surface area (Å²) >= 11 is 6.11. The molecular formula is C21H24ClN5O2. The maximum absolute atomic E-state index is 6.11. The van der Waals surface area contributed by atoms with Gasteiger partial charge in [-0.15, -0.1) is 10.2 Å². The van der Waals surface area contributed by atoms with Crippen molar-refractivity contribution in [2.45, 2.75) is 18.9 Å². The number of halogens is 1. The summed E-state index contributed by atoms with van der Waals surface area (Å²) in [5.74, 6) is 1.30. The minimum absolute atomic E-state index is 0.0925. The first-order valence-electron chi connectivity index (χ1n) is 9.64. The van der Waals surface area contributed by atoms with Gasteiger partial charge in [0.15, 0.2) is 18.4 Å². The fourth-order valence-electron chi connectivity index (χ4n) is 3.69. The van der Waals surface area contributed by atoms with Gasteiger partial charge in [-0.05, 0) is 26.4 Å². The third kappa shape index (κ3) is 4.42. The SMILES string of the molecule is COCOc1cc(Cl)cnc1-c1nnc(N[C@@H]2CCCN(C)C2)c2ccccc12. The van der Waals surface area contributed by atoms with E-state index in [9.17, 15) is 0 Å². The summed E-state index contributed by atoms with van der Waals surface area (Å²) in [5.41, 5.74) is 1.23. The third-order valence-corrected chi connectivity index (χ3v) is 5.24. The largest absolute Gasteiger partial charge is 0.465 e. The molecule has 1 aliphatic rings. The van der Waals surface area contributed by atoms with E-state index in [1.54, 1.807) is 19.4 Å². The minimum atomic E-state index is 0.0925. The highest BCUT2D eigenvalue weighted by Gasteiger charge is 2.21. The lowest BCUT2D eigenvalue weighted by molar-refractivity contribution is 0.0513. The second kappa shape index (κ2) is 8.90. The van der Waals surface area contributed by atoms with E-state index in [1.807, 2.05) is 24.3 Å². The molecule has 0 amide bonds. The predicted octanol–water partition coefficient (Wildman–Crippen LogP) is 3.83. The van der Waals surface area contributed by atoms with E-state index >= 15 is 0 Å². The van der Waals surface area contributed by atoms with Gasteiger partial charge in [0, 0.05) is 42.7 Å². The summed E-state index contributed by atoms with van der Waals surface area (Å²) in [7, 11) is 3.71. The fourth-order valence-corrected chi connectivity index (χ4v) is 3.84. The van der Waals surface area contributed by atoms with E-state index in [2.05, 4.69) is 32.4 Å². The molecule has 7 nitrogen and oxygen atoms in total. The molecule has 1 N–H and O–H groups in total. The van der Waals surface area contributed by atoms with Gasteiger partial charge in [0.25, 0.3) is 0 Å². The van der Waals surface area contributed by atoms with Crippen LogP contribution >= 0.6 is 11.6 Å². The second-order valence-electron chi connectivity index (χ2n) is 7.24. The first kappa shape index (κ1) is 19.8. The normalized spacial score (nSPS) is 17.4. The summed E-state index contributed by atoms with van der Waals surface area (Å²) in [6, 6.07) is 10.1. The maximum atomic E-state index is 6.11. The van der Waals surface area contributed by atoms with Gasteiger partial charge in [0.05, 0.1) is 5.02 Å². The second-order valence-corrected chi connectivity index (χ2v) is 7.68. The van der Waals surface area contributed by atoms with Crippen molar-refractivity contribution in [3.8, 4) is 17.1 Å². The number of hydrogen-bond donors (Lipinski definition) is 1. The lowest BCUT2D eigenvalue weighted by atomic mass is 10.0. The summed E-state index contributed by atoms with van der Waals surface area (Å²) in [6.07, 6.45) is 3.87. The summed E-state index contributed by atoms with van der Waals surface area (Å²) in [4.78, 5) is 6.80. The van der Waals surface area contributed by atoms with Crippen LogP contribution in [0.5, 0.6) is 5.75 Å². The van der Waals surface area contributed by atoms with E-state index in [0.717, 1.165) is 36.1 Å². The number of pyridine rings is 1. The molecule has 29 heavy (non-hydrogen) atoms. The lowest BCUT2D eigenvalue weighted by Gasteiger charge is -2.30. The van der Waals surface area contributed by atoms with E-state index in [1.165, 1.54) is 6.42 Å². The number of fused-ring (bicyclic) bond motifs is 1. The van der Waals surface area contributed by atoms with Crippen LogP contribution in [0.15, 0.2) is 36.5 Å². The van der Waals surface area contributed by atoms with Crippen LogP contribution in [-0.2, 0) is 4.74 Å². The molecule has 2 aromatic heterocycles. The van der Waals surface area contributed by atoms with Gasteiger partial charge in [0.1, 0.15) is 11.4 Å². The van der Waals surface area contributed by atoms with E-state index in [0.29, 0.717) is 28.2 Å². The van der Waals surface area contributed by atoms with Crippen molar-refractivity contribution < 1.29 is 9.47 Å². The molecule has 4 rings (SSSR count). The maximum Gasteiger partial charge on any atom is 0.188 e. The zero-order valence-corrected chi connectivity index (χ0v) is 17.3. The number of aromatic nitrogens is 3. The average Bonchev–Trinajstić information content (AvgIpc) is 2.73. The standard InChI is InChI=1S/C21H24ClN5O2/c1-27-9-5-6-15(12-27)24-21-17-8-4-3-7-16(17)19(25-26-21)20-18(29-13-28-2)10-14(22)11-23-20/h3-4,7-8,10-11,15H,5-6,9,12-13H2,1-2H3,(H,24,26)/t15-/m1/s1. The zero-order chi connectivity index (χ0) is 20.2. The van der Waals surface area contributed by atoms with Crippen LogP contribution in [0.1, 0.15) is 12.8 Å². The predicted molar refractivity (Wildman–Crippen MR) is 114 cm³/mol. The third-order valence-electron chi connectivity index (χ3n) is 5.03. The van der Waals surface area contributed by atoms with Gasteiger partial charge >= 0.3 is 0 Å². The molecule has 8 heteroatoms. The Labute approximate surface area is 175 Å². The Morgan fingerprint density at radius 2 is 2.03 bits per heavy atom. The fraction of sp³-hybridized carbons (Fsp3) is 0.381. The van der Waals surface area contributed by atoms with Crippen LogP contribution in [-0.4, -0.2) is 60.2 Å². The number of likely N-dealkylation sites (tertiary alicyclic amines) is 1. The number of benzene rings is 1. The van der Waals surface area contributed by atoms with Crippen LogP contribution in [0.2, 0.25) is 5.02 Å². The number of hydrogen-bond acceptors (Lipinski definition) is 7. The Morgan fingerprint density at radius 3 is 2.83 bits per heavy atom. The van der Waals surface area contributed by atoms with Crippen molar-refractivity contribution >= 4 is 28.2 Å². The molecule has 3 aromatic rings. The molecule has 0 unspecified atom stereocenters. The average molecular weight is 414 g/mol. The van der Waals surface area contributed by atoms with Crippen molar-refractivity contribution in [2.75, 3.05) is 39.4 Å². The van der Waals surface area contributed by atoms with Crippen molar-refractivity contribution in [3.05, 3.63) is 41.6 Å². The van der Waals surface area contributed by atoms with Crippen molar-refractivity contribution in [1.82, 2.24) is 20.1 Å². The van der Waals surface area contributed by atoms with Crippen molar-refractivity contribution in [3.63, 3.8) is 0 Å². The number of likely N-dealkylation sites (N-methyl/N-ethyl adjacent to an activating group) is 1. The Bertz CT molecular complexity index is 1000. The lowest BCUT2D eigenvalue weighted by Crippen LogP contribution is -2.40. The number of piperidine rings is 1. The molecule has 0 bridgehead atoms. The van der Waals surface area contributed by atoms with E-state index < -0.39 is 0 Å². The van der Waals surface area contributed by atoms with E-state index in [4.69, 9.17) is 21.1 Å². The molecule has 0 saturated carbocycles.